The first-order valence-corrected chi connectivity index (χ1v) is 8.74. The van der Waals surface area contributed by atoms with Crippen LogP contribution in [0.15, 0.2) is 33.9 Å². The molecule has 0 aliphatic rings. The number of rotatable bonds is 9. The number of nitrogens with one attached hydrogen (secondary N) is 1. The predicted octanol–water partition coefficient (Wildman–Crippen LogP) is 0.242. The molecule has 132 valence electrons. The van der Waals surface area contributed by atoms with Gasteiger partial charge in [-0.2, -0.15) is 0 Å². The first-order chi connectivity index (χ1) is 11.2. The molecule has 0 saturated carbocycles. The Hall–Kier alpha value is -1.28. The highest BCUT2D eigenvalue weighted by atomic mass is 35.5. The summed E-state index contributed by atoms with van der Waals surface area (Å²) in [6, 6.07) is 7.00. The average Bonchev–Trinajstić information content (AvgIpc) is 2.98. The molecule has 1 amide bonds. The quantitative estimate of drug-likeness (QED) is 0.470. The first-order valence-electron chi connectivity index (χ1n) is 7.38. The Morgan fingerprint density at radius 2 is 2.17 bits per heavy atom. The van der Waals surface area contributed by atoms with Gasteiger partial charge >= 0.3 is 1.43 Å². The number of benzene rings is 1. The minimum Gasteiger partial charge on any atom is -1.00 e. The molecule has 0 bridgehead atoms. The molecule has 2 rings (SSSR count). The van der Waals surface area contributed by atoms with Crippen molar-refractivity contribution in [2.45, 2.75) is 30.9 Å². The summed E-state index contributed by atoms with van der Waals surface area (Å²) in [5, 5.41) is 11.6. The van der Waals surface area contributed by atoms with Gasteiger partial charge in [-0.1, -0.05) is 35.9 Å². The summed E-state index contributed by atoms with van der Waals surface area (Å²) in [7, 11) is 0. The maximum absolute atomic E-state index is 11.9. The zero-order valence-electron chi connectivity index (χ0n) is 14.0. The molecule has 0 radical (unpaired) electrons. The van der Waals surface area contributed by atoms with Crippen molar-refractivity contribution in [1.29, 1.82) is 0 Å². The smallest absolute Gasteiger partial charge is 1.00 e. The second-order valence-corrected chi connectivity index (χ2v) is 6.27. The number of carbonyl (C=O) groups is 1. The zero-order valence-corrected chi connectivity index (χ0v) is 15.3. The van der Waals surface area contributed by atoms with Gasteiger partial charge in [-0.15, -0.1) is 10.2 Å². The number of carbonyl (C=O) groups excluding carboxylic acids is 1. The highest BCUT2D eigenvalue weighted by molar-refractivity contribution is 7.99. The summed E-state index contributed by atoms with van der Waals surface area (Å²) in [6.07, 6.45) is 3.75. The van der Waals surface area contributed by atoms with Crippen LogP contribution in [0.1, 0.15) is 26.6 Å². The largest absolute Gasteiger partial charge is 1.00 e. The Bertz CT molecular complexity index is 645. The molecular formula is C15H20Cl2N4O2S. The lowest BCUT2D eigenvalue weighted by Gasteiger charge is -2.03. The third-order valence-corrected chi connectivity index (χ3v) is 4.03. The normalized spacial score (nSPS) is 10.2. The topological polar surface area (TPSA) is 94.0 Å². The van der Waals surface area contributed by atoms with Crippen molar-refractivity contribution >= 4 is 35.0 Å². The molecule has 3 N–H and O–H groups in total. The van der Waals surface area contributed by atoms with E-state index >= 15 is 0 Å². The van der Waals surface area contributed by atoms with E-state index in [0.29, 0.717) is 28.4 Å². The molecule has 1 aromatic heterocycles. The van der Waals surface area contributed by atoms with Crippen molar-refractivity contribution in [1.82, 2.24) is 10.2 Å². The molecule has 0 spiro atoms. The first kappa shape index (κ1) is 20.8. The number of unbranched alkanes of at least 4 members (excludes halogenated alkanes) is 2. The summed E-state index contributed by atoms with van der Waals surface area (Å²) < 4.78 is 5.49. The molecule has 24 heavy (non-hydrogen) atoms. The highest BCUT2D eigenvalue weighted by Crippen LogP contribution is 2.19. The lowest BCUT2D eigenvalue weighted by atomic mass is 10.2. The van der Waals surface area contributed by atoms with Crippen molar-refractivity contribution in [3.63, 3.8) is 0 Å². The number of amides is 1. The second-order valence-electron chi connectivity index (χ2n) is 4.91. The van der Waals surface area contributed by atoms with Crippen LogP contribution < -0.4 is 23.5 Å². The van der Waals surface area contributed by atoms with Gasteiger partial charge in [-0.3, -0.25) is 4.79 Å². The van der Waals surface area contributed by atoms with Crippen LogP contribution in [0.3, 0.4) is 0 Å². The number of hydrogen-bond donors (Lipinski definition) is 2. The van der Waals surface area contributed by atoms with Crippen LogP contribution in [0.4, 0.5) is 5.69 Å². The number of nitrogens with two attached hydrogens (primary N) is 1. The summed E-state index contributed by atoms with van der Waals surface area (Å²) in [6.45, 7) is 0.701. The van der Waals surface area contributed by atoms with E-state index in [1.807, 2.05) is 0 Å². The van der Waals surface area contributed by atoms with E-state index in [2.05, 4.69) is 15.5 Å². The Morgan fingerprint density at radius 1 is 1.33 bits per heavy atom. The van der Waals surface area contributed by atoms with Crippen LogP contribution >= 0.6 is 23.4 Å². The lowest BCUT2D eigenvalue weighted by molar-refractivity contribution is -0.113. The fourth-order valence-electron chi connectivity index (χ4n) is 1.89. The number of halogens is 2. The zero-order chi connectivity index (χ0) is 16.5. The standard InChI is InChI=1S/C15H19ClN4O2S.ClH/c16-11-5-4-6-12(9-11)18-13(21)10-23-15-20-19-14(22-15)7-2-1-3-8-17;/h4-6,9H,1-3,7-8,10,17H2,(H,18,21);1H. The molecule has 6 nitrogen and oxygen atoms in total. The second kappa shape index (κ2) is 11.3. The Kier molecular flexibility index (Phi) is 9.78. The van der Waals surface area contributed by atoms with E-state index in [9.17, 15) is 4.79 Å². The van der Waals surface area contributed by atoms with E-state index in [1.54, 1.807) is 24.3 Å². The molecule has 9 heteroatoms. The maximum Gasteiger partial charge on any atom is 1.00 e. The molecule has 0 saturated heterocycles. The Balaban J connectivity index is 0.00000288. The van der Waals surface area contributed by atoms with E-state index in [1.165, 1.54) is 11.8 Å². The molecular weight excluding hydrogens is 371 g/mol. The number of thioether (sulfide) groups is 1. The predicted molar refractivity (Wildman–Crippen MR) is 92.8 cm³/mol. The molecule has 0 fully saturated rings. The van der Waals surface area contributed by atoms with Crippen molar-refractivity contribution in [2.75, 3.05) is 17.6 Å². The maximum atomic E-state index is 11.9. The van der Waals surface area contributed by atoms with Gasteiger partial charge in [0.1, 0.15) is 0 Å². The summed E-state index contributed by atoms with van der Waals surface area (Å²) in [4.78, 5) is 11.9. The van der Waals surface area contributed by atoms with Gasteiger partial charge in [-0.05, 0) is 37.6 Å². The lowest BCUT2D eigenvalue weighted by Crippen LogP contribution is -3.00. The van der Waals surface area contributed by atoms with Crippen molar-refractivity contribution in [3.05, 3.63) is 35.2 Å². The summed E-state index contributed by atoms with van der Waals surface area (Å²) in [5.41, 5.74) is 6.10. The Morgan fingerprint density at radius 3 is 2.92 bits per heavy atom. The van der Waals surface area contributed by atoms with E-state index in [4.69, 9.17) is 21.8 Å². The van der Waals surface area contributed by atoms with E-state index in [-0.39, 0.29) is 25.5 Å². The average molecular weight is 391 g/mol. The minimum atomic E-state index is -0.153. The molecule has 1 aromatic carbocycles. The number of aryl methyl sites for hydroxylation is 1. The fraction of sp³-hybridized carbons (Fsp3) is 0.400. The molecule has 1 heterocycles. The van der Waals surface area contributed by atoms with Crippen LogP contribution in [0.25, 0.3) is 0 Å². The Labute approximate surface area is 157 Å². The molecule has 2 aromatic rings. The monoisotopic (exact) mass is 390 g/mol. The van der Waals surface area contributed by atoms with Gasteiger partial charge in [0.05, 0.1) is 5.75 Å². The SMILES string of the molecule is NCCCCCc1nnc(SCC(=O)Nc2cccc(Cl)c2)o1.[Cl-].[H+]. The van der Waals surface area contributed by atoms with E-state index in [0.717, 1.165) is 25.7 Å². The number of anilines is 1. The molecule has 0 atom stereocenters. The molecule has 0 unspecified atom stereocenters. The number of hydrogen-bond acceptors (Lipinski definition) is 6. The van der Waals surface area contributed by atoms with Crippen molar-refractivity contribution in [3.8, 4) is 0 Å². The van der Waals surface area contributed by atoms with Gasteiger partial charge in [0.2, 0.25) is 11.8 Å². The fourth-order valence-corrected chi connectivity index (χ4v) is 2.66. The van der Waals surface area contributed by atoms with Gasteiger partial charge in [0.25, 0.3) is 5.22 Å². The van der Waals surface area contributed by atoms with Gasteiger partial charge in [-0.25, -0.2) is 0 Å². The van der Waals surface area contributed by atoms with Gasteiger partial charge in [0, 0.05) is 17.1 Å². The third kappa shape index (κ3) is 7.53. The van der Waals surface area contributed by atoms with E-state index < -0.39 is 0 Å². The molecule has 0 aliphatic heterocycles. The van der Waals surface area contributed by atoms with Crippen LogP contribution in [0, 0.1) is 0 Å². The van der Waals surface area contributed by atoms with Crippen molar-refractivity contribution < 1.29 is 23.0 Å². The van der Waals surface area contributed by atoms with Crippen LogP contribution in [0.2, 0.25) is 5.02 Å². The van der Waals surface area contributed by atoms with Crippen LogP contribution in [-0.4, -0.2) is 28.4 Å². The van der Waals surface area contributed by atoms with Crippen molar-refractivity contribution in [2.24, 2.45) is 5.73 Å². The minimum absolute atomic E-state index is 0. The van der Waals surface area contributed by atoms with Crippen LogP contribution in [-0.2, 0) is 11.2 Å². The summed E-state index contributed by atoms with van der Waals surface area (Å²) in [5.74, 6) is 0.640. The molecule has 0 aliphatic carbocycles. The van der Waals surface area contributed by atoms with Gasteiger partial charge < -0.3 is 27.9 Å². The van der Waals surface area contributed by atoms with Crippen LogP contribution in [0.5, 0.6) is 0 Å². The number of nitrogens with zero attached hydrogens (tertiary/aromatic N) is 2. The van der Waals surface area contributed by atoms with Gasteiger partial charge in [0.15, 0.2) is 0 Å². The highest BCUT2D eigenvalue weighted by Gasteiger charge is 2.10. The summed E-state index contributed by atoms with van der Waals surface area (Å²) >= 11 is 7.08. The number of aromatic nitrogens is 2. The third-order valence-electron chi connectivity index (χ3n) is 2.98.